The molecular formula is C43H70. The first-order valence-electron chi connectivity index (χ1n) is 17.2. The van der Waals surface area contributed by atoms with Gasteiger partial charge in [-0.3, -0.25) is 0 Å². The van der Waals surface area contributed by atoms with Gasteiger partial charge < -0.3 is 0 Å². The Morgan fingerprint density at radius 3 is 1.16 bits per heavy atom. The summed E-state index contributed by atoms with van der Waals surface area (Å²) in [7, 11) is 0. The van der Waals surface area contributed by atoms with E-state index in [1.165, 1.54) is 44.9 Å². The predicted octanol–water partition coefficient (Wildman–Crippen LogP) is 15.0. The van der Waals surface area contributed by atoms with Gasteiger partial charge in [-0.05, 0) is 166 Å². The SMILES string of the molecule is CC=CCC=C=CCC.CC=CCCC=C=CCC.CC=CCCCC=C=CCC.CC=CCCCCCC=C=CCC. The number of hydrogen-bond donors (Lipinski definition) is 0. The average molecular weight is 587 g/mol. The molecule has 0 aromatic heterocycles. The van der Waals surface area contributed by atoms with Gasteiger partial charge in [0.05, 0.1) is 0 Å². The molecule has 43 heavy (non-hydrogen) atoms. The molecule has 0 spiro atoms. The van der Waals surface area contributed by atoms with E-state index in [0.29, 0.717) is 0 Å². The second kappa shape index (κ2) is 55.0. The Kier molecular flexibility index (Phi) is 60.1. The molecular weight excluding hydrogens is 516 g/mol. The predicted molar refractivity (Wildman–Crippen MR) is 202 cm³/mol. The summed E-state index contributed by atoms with van der Waals surface area (Å²) in [4.78, 5) is 0. The Morgan fingerprint density at radius 2 is 0.698 bits per heavy atom. The van der Waals surface area contributed by atoms with Crippen LogP contribution in [0.2, 0.25) is 0 Å². The molecule has 0 bridgehead atoms. The number of hydrogen-bond acceptors (Lipinski definition) is 0. The van der Waals surface area contributed by atoms with E-state index in [2.05, 4.69) is 143 Å². The normalized spacial score (nSPS) is 9.58. The zero-order valence-electron chi connectivity index (χ0n) is 29.8. The van der Waals surface area contributed by atoms with Crippen LogP contribution in [0.5, 0.6) is 0 Å². The fourth-order valence-electron chi connectivity index (χ4n) is 3.03. The van der Waals surface area contributed by atoms with E-state index in [9.17, 15) is 0 Å². The Bertz CT molecular complexity index is 870. The second-order valence-corrected chi connectivity index (χ2v) is 9.59. The van der Waals surface area contributed by atoms with Crippen LogP contribution < -0.4 is 0 Å². The average Bonchev–Trinajstić information content (AvgIpc) is 3.02. The first-order valence-corrected chi connectivity index (χ1v) is 17.2. The molecule has 0 saturated heterocycles. The fraction of sp³-hybridized carbons (Fsp3) is 0.535. The van der Waals surface area contributed by atoms with Crippen molar-refractivity contribution < 1.29 is 0 Å². The van der Waals surface area contributed by atoms with Gasteiger partial charge in [0.1, 0.15) is 0 Å². The summed E-state index contributed by atoms with van der Waals surface area (Å²) in [6, 6.07) is 0. The van der Waals surface area contributed by atoms with E-state index in [0.717, 1.165) is 51.4 Å². The molecule has 0 aliphatic heterocycles. The van der Waals surface area contributed by atoms with Gasteiger partial charge in [0.15, 0.2) is 0 Å². The molecule has 0 amide bonds. The van der Waals surface area contributed by atoms with Crippen molar-refractivity contribution in [2.45, 2.75) is 152 Å². The Balaban J connectivity index is -0.000000238. The molecule has 0 saturated carbocycles. The smallest absolute Gasteiger partial charge is 0.00932 e. The van der Waals surface area contributed by atoms with Crippen LogP contribution in [0.4, 0.5) is 0 Å². The van der Waals surface area contributed by atoms with E-state index < -0.39 is 0 Å². The van der Waals surface area contributed by atoms with Crippen LogP contribution in [0.15, 0.2) is 120 Å². The molecule has 0 N–H and O–H groups in total. The van der Waals surface area contributed by atoms with Crippen LogP contribution in [0, 0.1) is 0 Å². The van der Waals surface area contributed by atoms with Crippen molar-refractivity contribution in [3.8, 4) is 0 Å². The molecule has 0 radical (unpaired) electrons. The van der Waals surface area contributed by atoms with E-state index >= 15 is 0 Å². The minimum atomic E-state index is 1.01. The third kappa shape index (κ3) is 68.1. The summed E-state index contributed by atoms with van der Waals surface area (Å²) < 4.78 is 0. The molecule has 0 atom stereocenters. The maximum absolute atomic E-state index is 3.17. The summed E-state index contributed by atoms with van der Waals surface area (Å²) in [5.74, 6) is 0. The minimum absolute atomic E-state index is 1.01. The van der Waals surface area contributed by atoms with Crippen molar-refractivity contribution in [1.29, 1.82) is 0 Å². The Morgan fingerprint density at radius 1 is 0.326 bits per heavy atom. The highest BCUT2D eigenvalue weighted by molar-refractivity contribution is 4.91. The Hall–Kier alpha value is -2.96. The van der Waals surface area contributed by atoms with Crippen LogP contribution in [0.25, 0.3) is 0 Å². The van der Waals surface area contributed by atoms with Crippen LogP contribution in [-0.4, -0.2) is 0 Å². The van der Waals surface area contributed by atoms with Crippen LogP contribution >= 0.6 is 0 Å². The van der Waals surface area contributed by atoms with Crippen molar-refractivity contribution in [1.82, 2.24) is 0 Å². The standard InChI is InChI=1S/C13H22.C11H18.C10H16.C9H14/c1-3-5-7-9-11-13-12-10-8-6-4-2;1-3-5-7-9-11-10-8-6-4-2;1-3-5-7-9-10-8-6-4-2;1-3-5-7-9-8-6-4-2/h3,5-6,10H,4,7,9,11-13H2,1-2H3;3,5-6,10H,4,7,9,11H2,1-2H3;3,5-6,10H,4,7,9H2,1-2H3;3,5-6,9H,4,7H2,1-2H3. The van der Waals surface area contributed by atoms with Gasteiger partial charge in [0, 0.05) is 0 Å². The van der Waals surface area contributed by atoms with Gasteiger partial charge in [0.2, 0.25) is 0 Å². The van der Waals surface area contributed by atoms with Crippen molar-refractivity contribution in [3.05, 3.63) is 120 Å². The van der Waals surface area contributed by atoms with Crippen molar-refractivity contribution in [2.75, 3.05) is 0 Å². The lowest BCUT2D eigenvalue weighted by Crippen LogP contribution is -1.73. The molecule has 0 aliphatic rings. The molecule has 0 nitrogen and oxygen atoms in total. The first-order chi connectivity index (χ1) is 21.2. The van der Waals surface area contributed by atoms with Gasteiger partial charge in [-0.2, -0.15) is 0 Å². The van der Waals surface area contributed by atoms with Crippen molar-refractivity contribution in [3.63, 3.8) is 0 Å². The molecule has 0 heteroatoms. The quantitative estimate of drug-likeness (QED) is 0.0802. The molecule has 0 rings (SSSR count). The van der Waals surface area contributed by atoms with Gasteiger partial charge in [-0.25, -0.2) is 0 Å². The van der Waals surface area contributed by atoms with Gasteiger partial charge >= 0.3 is 0 Å². The van der Waals surface area contributed by atoms with E-state index in [-0.39, 0.29) is 0 Å². The van der Waals surface area contributed by atoms with Crippen molar-refractivity contribution in [2.24, 2.45) is 0 Å². The molecule has 0 heterocycles. The van der Waals surface area contributed by atoms with Crippen molar-refractivity contribution >= 4 is 0 Å². The maximum atomic E-state index is 3.17. The van der Waals surface area contributed by atoms with Gasteiger partial charge in [-0.15, -0.1) is 22.9 Å². The summed E-state index contributed by atoms with van der Waals surface area (Å²) in [6.07, 6.45) is 51.3. The first kappa shape index (κ1) is 47.0. The molecule has 242 valence electrons. The zero-order valence-corrected chi connectivity index (χ0v) is 29.8. The van der Waals surface area contributed by atoms with E-state index in [4.69, 9.17) is 0 Å². The second-order valence-electron chi connectivity index (χ2n) is 9.59. The topological polar surface area (TPSA) is 0 Å². The summed E-state index contributed by atoms with van der Waals surface area (Å²) >= 11 is 0. The third-order valence-electron chi connectivity index (χ3n) is 5.37. The highest BCUT2D eigenvalue weighted by Crippen LogP contribution is 2.03. The molecule has 0 aliphatic carbocycles. The zero-order chi connectivity index (χ0) is 32.7. The van der Waals surface area contributed by atoms with Crippen LogP contribution in [-0.2, 0) is 0 Å². The highest BCUT2D eigenvalue weighted by atomic mass is 13.9. The summed E-state index contributed by atoms with van der Waals surface area (Å²) in [6.45, 7) is 16.7. The maximum Gasteiger partial charge on any atom is -0.00932 e. The summed E-state index contributed by atoms with van der Waals surface area (Å²) in [5.41, 5.74) is 12.5. The minimum Gasteiger partial charge on any atom is -0.130 e. The van der Waals surface area contributed by atoms with E-state index in [1.54, 1.807) is 0 Å². The lowest BCUT2D eigenvalue weighted by Gasteiger charge is -1.93. The summed E-state index contributed by atoms with van der Waals surface area (Å²) in [5, 5.41) is 0. The highest BCUT2D eigenvalue weighted by Gasteiger charge is 1.84. The van der Waals surface area contributed by atoms with Crippen LogP contribution in [0.3, 0.4) is 0 Å². The number of rotatable bonds is 19. The lowest BCUT2D eigenvalue weighted by atomic mass is 10.1. The van der Waals surface area contributed by atoms with Gasteiger partial charge in [-0.1, -0.05) is 82.7 Å². The largest absolute Gasteiger partial charge is 0.130 e. The molecule has 0 aromatic carbocycles. The number of unbranched alkanes of at least 4 members (excludes halogenated alkanes) is 7. The molecule has 0 fully saturated rings. The fourth-order valence-corrected chi connectivity index (χ4v) is 3.03. The monoisotopic (exact) mass is 587 g/mol. The lowest BCUT2D eigenvalue weighted by molar-refractivity contribution is 0.696. The van der Waals surface area contributed by atoms with Gasteiger partial charge in [0.25, 0.3) is 0 Å². The molecule has 0 aromatic rings. The van der Waals surface area contributed by atoms with Crippen LogP contribution in [0.1, 0.15) is 152 Å². The third-order valence-corrected chi connectivity index (χ3v) is 5.37. The number of allylic oxidation sites excluding steroid dienone is 12. The van der Waals surface area contributed by atoms with E-state index in [1.807, 2.05) is 32.1 Å². The molecule has 0 unspecified atom stereocenters. The Labute approximate surface area is 271 Å².